The summed E-state index contributed by atoms with van der Waals surface area (Å²) in [4.78, 5) is 14.7. The van der Waals surface area contributed by atoms with Gasteiger partial charge in [0.25, 0.3) is 5.91 Å². The zero-order valence-electron chi connectivity index (χ0n) is 12.7. The fourth-order valence-electron chi connectivity index (χ4n) is 3.16. The van der Waals surface area contributed by atoms with E-state index in [4.69, 9.17) is 0 Å². The second kappa shape index (κ2) is 6.62. The summed E-state index contributed by atoms with van der Waals surface area (Å²) in [7, 11) is 0. The highest BCUT2D eigenvalue weighted by Crippen LogP contribution is 2.32. The molecule has 0 radical (unpaired) electrons. The van der Waals surface area contributed by atoms with Crippen LogP contribution in [-0.2, 0) is 0 Å². The van der Waals surface area contributed by atoms with E-state index in [9.17, 15) is 14.4 Å². The molecule has 1 fully saturated rings. The summed E-state index contributed by atoms with van der Waals surface area (Å²) in [5.41, 5.74) is 1.60. The summed E-state index contributed by atoms with van der Waals surface area (Å²) in [5, 5.41) is 9.21. The lowest BCUT2D eigenvalue weighted by Gasteiger charge is -2.36. The highest BCUT2D eigenvalue weighted by Gasteiger charge is 2.29. The van der Waals surface area contributed by atoms with E-state index < -0.39 is 0 Å². The minimum Gasteiger partial charge on any atom is -0.332 e. The molecule has 1 saturated heterocycles. The molecule has 0 aromatic heterocycles. The lowest BCUT2D eigenvalue weighted by Crippen LogP contribution is -2.38. The second-order valence-electron chi connectivity index (χ2n) is 5.72. The summed E-state index contributed by atoms with van der Waals surface area (Å²) in [5.74, 6) is -0.450. The van der Waals surface area contributed by atoms with Gasteiger partial charge in [-0.1, -0.05) is 24.3 Å². The molecule has 3 rings (SSSR count). The molecule has 1 aliphatic rings. The predicted octanol–water partition coefficient (Wildman–Crippen LogP) is 4.06. The van der Waals surface area contributed by atoms with Crippen molar-refractivity contribution >= 4 is 5.91 Å². The summed E-state index contributed by atoms with van der Waals surface area (Å²) in [6.45, 7) is 0.625. The van der Waals surface area contributed by atoms with Gasteiger partial charge in [0, 0.05) is 6.54 Å². The van der Waals surface area contributed by atoms with Crippen molar-refractivity contribution in [2.75, 3.05) is 6.54 Å². The second-order valence-corrected chi connectivity index (χ2v) is 5.72. The van der Waals surface area contributed by atoms with E-state index in [1.54, 1.807) is 35.2 Å². The van der Waals surface area contributed by atoms with Crippen LogP contribution in [0, 0.1) is 17.1 Å². The third-order valence-corrected chi connectivity index (χ3v) is 4.28. The van der Waals surface area contributed by atoms with Crippen LogP contribution in [0.1, 0.15) is 46.8 Å². The fraction of sp³-hybridized carbons (Fsp3) is 0.263. The Labute approximate surface area is 135 Å². The topological polar surface area (TPSA) is 44.1 Å². The molecule has 0 spiro atoms. The molecule has 2 aromatic rings. The molecule has 1 unspecified atom stereocenters. The van der Waals surface area contributed by atoms with E-state index >= 15 is 0 Å². The number of amides is 1. The van der Waals surface area contributed by atoms with Crippen LogP contribution in [0.15, 0.2) is 48.5 Å². The van der Waals surface area contributed by atoms with Gasteiger partial charge in [-0.05, 0) is 49.1 Å². The number of nitrogens with zero attached hydrogens (tertiary/aromatic N) is 2. The van der Waals surface area contributed by atoms with Crippen LogP contribution in [-0.4, -0.2) is 17.4 Å². The van der Waals surface area contributed by atoms with Crippen molar-refractivity contribution in [3.05, 3.63) is 71.0 Å². The van der Waals surface area contributed by atoms with Gasteiger partial charge in [-0.25, -0.2) is 4.39 Å². The average Bonchev–Trinajstić information content (AvgIpc) is 2.61. The summed E-state index contributed by atoms with van der Waals surface area (Å²) in [6.07, 6.45) is 2.74. The maximum Gasteiger partial charge on any atom is 0.255 e. The smallest absolute Gasteiger partial charge is 0.255 e. The van der Waals surface area contributed by atoms with Crippen LogP contribution < -0.4 is 0 Å². The van der Waals surface area contributed by atoms with Gasteiger partial charge in [-0.3, -0.25) is 4.79 Å². The molecule has 1 amide bonds. The van der Waals surface area contributed by atoms with Gasteiger partial charge in [0.2, 0.25) is 0 Å². The number of benzene rings is 2. The van der Waals surface area contributed by atoms with E-state index in [1.807, 2.05) is 6.07 Å². The van der Waals surface area contributed by atoms with E-state index in [-0.39, 0.29) is 17.8 Å². The number of halogens is 1. The Bertz CT molecular complexity index is 766. The summed E-state index contributed by atoms with van der Waals surface area (Å²) < 4.78 is 13.5. The van der Waals surface area contributed by atoms with Crippen LogP contribution in [0.5, 0.6) is 0 Å². The van der Waals surface area contributed by atoms with Gasteiger partial charge < -0.3 is 4.90 Å². The largest absolute Gasteiger partial charge is 0.332 e. The zero-order valence-corrected chi connectivity index (χ0v) is 12.7. The Kier molecular flexibility index (Phi) is 4.38. The first-order valence-electron chi connectivity index (χ1n) is 7.76. The van der Waals surface area contributed by atoms with Gasteiger partial charge in [0.15, 0.2) is 0 Å². The molecular weight excluding hydrogens is 291 g/mol. The van der Waals surface area contributed by atoms with Crippen LogP contribution in [0.4, 0.5) is 4.39 Å². The minimum absolute atomic E-state index is 0.140. The molecular formula is C19H17FN2O. The molecule has 0 saturated carbocycles. The van der Waals surface area contributed by atoms with Crippen LogP contribution in [0.2, 0.25) is 0 Å². The first kappa shape index (κ1) is 15.2. The molecule has 1 heterocycles. The average molecular weight is 308 g/mol. The Balaban J connectivity index is 1.95. The normalized spacial score (nSPS) is 17.6. The van der Waals surface area contributed by atoms with Crippen molar-refractivity contribution in [3.63, 3.8) is 0 Å². The van der Waals surface area contributed by atoms with E-state index in [0.29, 0.717) is 17.7 Å². The molecule has 3 nitrogen and oxygen atoms in total. The SMILES string of the molecule is N#Cc1ccccc1C(=O)N1CCCCC1c1cccc(F)c1. The van der Waals surface area contributed by atoms with Gasteiger partial charge >= 0.3 is 0 Å². The number of hydrogen-bond acceptors (Lipinski definition) is 2. The molecule has 0 aliphatic carbocycles. The molecule has 4 heteroatoms. The van der Waals surface area contributed by atoms with E-state index in [0.717, 1.165) is 24.8 Å². The van der Waals surface area contributed by atoms with Crippen LogP contribution in [0.3, 0.4) is 0 Å². The zero-order chi connectivity index (χ0) is 16.2. The van der Waals surface area contributed by atoms with Gasteiger partial charge in [0.05, 0.1) is 23.2 Å². The number of carbonyl (C=O) groups excluding carboxylic acids is 1. The van der Waals surface area contributed by atoms with Crippen molar-refractivity contribution in [3.8, 4) is 6.07 Å². The minimum atomic E-state index is -0.294. The number of nitriles is 1. The molecule has 1 atom stereocenters. The number of likely N-dealkylation sites (tertiary alicyclic amines) is 1. The highest BCUT2D eigenvalue weighted by atomic mass is 19.1. The van der Waals surface area contributed by atoms with Crippen molar-refractivity contribution in [1.82, 2.24) is 4.90 Å². The van der Waals surface area contributed by atoms with Gasteiger partial charge in [0.1, 0.15) is 5.82 Å². The monoisotopic (exact) mass is 308 g/mol. The quantitative estimate of drug-likeness (QED) is 0.839. The van der Waals surface area contributed by atoms with Gasteiger partial charge in [-0.15, -0.1) is 0 Å². The molecule has 23 heavy (non-hydrogen) atoms. The fourth-order valence-corrected chi connectivity index (χ4v) is 3.16. The van der Waals surface area contributed by atoms with Crippen molar-refractivity contribution in [2.45, 2.75) is 25.3 Å². The number of hydrogen-bond donors (Lipinski definition) is 0. The van der Waals surface area contributed by atoms with E-state index in [2.05, 4.69) is 6.07 Å². The number of rotatable bonds is 2. The first-order valence-corrected chi connectivity index (χ1v) is 7.76. The maximum atomic E-state index is 13.5. The molecule has 1 aliphatic heterocycles. The molecule has 0 N–H and O–H groups in total. The number of carbonyl (C=O) groups is 1. The lowest BCUT2D eigenvalue weighted by molar-refractivity contribution is 0.0611. The lowest BCUT2D eigenvalue weighted by atomic mass is 9.94. The predicted molar refractivity (Wildman–Crippen MR) is 85.2 cm³/mol. The summed E-state index contributed by atoms with van der Waals surface area (Å²) >= 11 is 0. The summed E-state index contributed by atoms with van der Waals surface area (Å²) in [6, 6.07) is 15.2. The first-order chi connectivity index (χ1) is 11.2. The highest BCUT2D eigenvalue weighted by molar-refractivity contribution is 5.97. The van der Waals surface area contributed by atoms with Crippen LogP contribution >= 0.6 is 0 Å². The Morgan fingerprint density at radius 2 is 2.00 bits per heavy atom. The van der Waals surface area contributed by atoms with Crippen molar-refractivity contribution in [2.24, 2.45) is 0 Å². The third kappa shape index (κ3) is 3.09. The van der Waals surface area contributed by atoms with E-state index in [1.165, 1.54) is 12.1 Å². The van der Waals surface area contributed by atoms with Crippen molar-refractivity contribution < 1.29 is 9.18 Å². The van der Waals surface area contributed by atoms with Gasteiger partial charge in [-0.2, -0.15) is 5.26 Å². The Morgan fingerprint density at radius 1 is 1.17 bits per heavy atom. The van der Waals surface area contributed by atoms with Crippen molar-refractivity contribution in [1.29, 1.82) is 5.26 Å². The number of piperidine rings is 1. The molecule has 2 aromatic carbocycles. The maximum absolute atomic E-state index is 13.5. The standard InChI is InChI=1S/C19H17FN2O/c20-16-8-5-7-14(12-16)18-10-3-4-11-22(18)19(23)17-9-2-1-6-15(17)13-21/h1-2,5-9,12,18H,3-4,10-11H2. The van der Waals surface area contributed by atoms with Crippen LogP contribution in [0.25, 0.3) is 0 Å². The Morgan fingerprint density at radius 3 is 2.78 bits per heavy atom. The molecule has 116 valence electrons. The molecule has 0 bridgehead atoms. The third-order valence-electron chi connectivity index (χ3n) is 4.28. The Hall–Kier alpha value is -2.67.